The summed E-state index contributed by atoms with van der Waals surface area (Å²) in [7, 11) is 3.65. The summed E-state index contributed by atoms with van der Waals surface area (Å²) in [5.74, 6) is 0.809. The Morgan fingerprint density at radius 1 is 1.40 bits per heavy atom. The summed E-state index contributed by atoms with van der Waals surface area (Å²) in [6.07, 6.45) is 5.45. The summed E-state index contributed by atoms with van der Waals surface area (Å²) in [4.78, 5) is 15.7. The number of furan rings is 1. The first-order chi connectivity index (χ1) is 9.48. The second-order valence-electron chi connectivity index (χ2n) is 5.93. The molecule has 1 N–H and O–H groups in total. The maximum Gasteiger partial charge on any atom is 0.236 e. The van der Waals surface area contributed by atoms with E-state index >= 15 is 0 Å². The molecule has 20 heavy (non-hydrogen) atoms. The highest BCUT2D eigenvalue weighted by Gasteiger charge is 2.32. The quantitative estimate of drug-likeness (QED) is 0.857. The fourth-order valence-corrected chi connectivity index (χ4v) is 2.83. The topological polar surface area (TPSA) is 56.9 Å². The molecule has 1 aliphatic rings. The molecule has 0 atom stereocenters. The Hall–Kier alpha value is -1.33. The average Bonchev–Trinajstić information content (AvgIpc) is 3.00. The molecular formula is C15H24N2O3. The number of amides is 1. The Labute approximate surface area is 120 Å². The summed E-state index contributed by atoms with van der Waals surface area (Å²) >= 11 is 0. The SMILES string of the molecule is CN(CC(=O)N(C)Cc1ccco1)CC1(O)CCCC1. The number of nitrogens with zero attached hydrogens (tertiary/aromatic N) is 2. The van der Waals surface area contributed by atoms with Crippen molar-refractivity contribution in [2.45, 2.75) is 37.8 Å². The zero-order valence-corrected chi connectivity index (χ0v) is 12.3. The Kier molecular flexibility index (Phi) is 4.83. The molecule has 2 rings (SSSR count). The van der Waals surface area contributed by atoms with Crippen LogP contribution in [0.3, 0.4) is 0 Å². The third-order valence-corrected chi connectivity index (χ3v) is 3.90. The number of rotatable bonds is 6. The Bertz CT molecular complexity index is 424. The first kappa shape index (κ1) is 15.1. The second-order valence-corrected chi connectivity index (χ2v) is 5.93. The van der Waals surface area contributed by atoms with E-state index in [2.05, 4.69) is 0 Å². The predicted octanol–water partition coefficient (Wildman–Crippen LogP) is 1.47. The lowest BCUT2D eigenvalue weighted by atomic mass is 10.0. The first-order valence-corrected chi connectivity index (χ1v) is 7.16. The molecule has 1 aromatic rings. The number of hydrogen-bond acceptors (Lipinski definition) is 4. The van der Waals surface area contributed by atoms with Gasteiger partial charge in [0.05, 0.1) is 25.0 Å². The van der Waals surface area contributed by atoms with Gasteiger partial charge in [0.15, 0.2) is 0 Å². The molecule has 0 radical (unpaired) electrons. The van der Waals surface area contributed by atoms with Crippen molar-refractivity contribution in [2.75, 3.05) is 27.2 Å². The molecule has 0 unspecified atom stereocenters. The predicted molar refractivity (Wildman–Crippen MR) is 76.1 cm³/mol. The summed E-state index contributed by atoms with van der Waals surface area (Å²) in [5, 5.41) is 10.3. The number of hydrogen-bond donors (Lipinski definition) is 1. The number of carbonyl (C=O) groups excluding carboxylic acids is 1. The summed E-state index contributed by atoms with van der Waals surface area (Å²) in [6, 6.07) is 3.67. The van der Waals surface area contributed by atoms with Crippen LogP contribution in [-0.4, -0.2) is 53.6 Å². The van der Waals surface area contributed by atoms with Gasteiger partial charge in [-0.05, 0) is 32.0 Å². The van der Waals surface area contributed by atoms with Gasteiger partial charge >= 0.3 is 0 Å². The lowest BCUT2D eigenvalue weighted by molar-refractivity contribution is -0.132. The van der Waals surface area contributed by atoms with Gasteiger partial charge in [-0.15, -0.1) is 0 Å². The van der Waals surface area contributed by atoms with E-state index in [9.17, 15) is 9.90 Å². The molecule has 0 saturated heterocycles. The molecule has 0 spiro atoms. The zero-order valence-electron chi connectivity index (χ0n) is 12.3. The smallest absolute Gasteiger partial charge is 0.236 e. The Morgan fingerprint density at radius 2 is 2.10 bits per heavy atom. The van der Waals surface area contributed by atoms with Crippen LogP contribution in [0.2, 0.25) is 0 Å². The minimum absolute atomic E-state index is 0.0329. The molecule has 1 aliphatic carbocycles. The zero-order chi connectivity index (χ0) is 14.6. The largest absolute Gasteiger partial charge is 0.467 e. The Balaban J connectivity index is 1.78. The maximum atomic E-state index is 12.1. The van der Waals surface area contributed by atoms with Gasteiger partial charge in [-0.3, -0.25) is 9.69 Å². The van der Waals surface area contributed by atoms with Crippen LogP contribution in [0.4, 0.5) is 0 Å². The third kappa shape index (κ3) is 4.08. The van der Waals surface area contributed by atoms with Crippen molar-refractivity contribution in [3.05, 3.63) is 24.2 Å². The maximum absolute atomic E-state index is 12.1. The molecule has 5 nitrogen and oxygen atoms in total. The van der Waals surface area contributed by atoms with Crippen molar-refractivity contribution in [3.63, 3.8) is 0 Å². The molecule has 0 aromatic carbocycles. The Morgan fingerprint density at radius 3 is 2.70 bits per heavy atom. The van der Waals surface area contributed by atoms with E-state index in [0.29, 0.717) is 19.6 Å². The van der Waals surface area contributed by atoms with E-state index in [-0.39, 0.29) is 5.91 Å². The van der Waals surface area contributed by atoms with Crippen LogP contribution >= 0.6 is 0 Å². The second kappa shape index (κ2) is 6.41. The number of aliphatic hydroxyl groups is 1. The number of likely N-dealkylation sites (N-methyl/N-ethyl adjacent to an activating group) is 2. The van der Waals surface area contributed by atoms with Gasteiger partial charge < -0.3 is 14.4 Å². The highest BCUT2D eigenvalue weighted by molar-refractivity contribution is 5.77. The average molecular weight is 280 g/mol. The molecule has 5 heteroatoms. The van der Waals surface area contributed by atoms with Crippen LogP contribution in [0.5, 0.6) is 0 Å². The van der Waals surface area contributed by atoms with Crippen molar-refractivity contribution in [1.29, 1.82) is 0 Å². The van der Waals surface area contributed by atoms with E-state index < -0.39 is 5.60 Å². The summed E-state index contributed by atoms with van der Waals surface area (Å²) in [5.41, 5.74) is -0.603. The van der Waals surface area contributed by atoms with E-state index in [4.69, 9.17) is 4.42 Å². The van der Waals surface area contributed by atoms with Gasteiger partial charge in [0.1, 0.15) is 5.76 Å². The molecule has 1 heterocycles. The molecule has 0 bridgehead atoms. The fourth-order valence-electron chi connectivity index (χ4n) is 2.83. The van der Waals surface area contributed by atoms with Gasteiger partial charge in [0.2, 0.25) is 5.91 Å². The van der Waals surface area contributed by atoms with Gasteiger partial charge in [0, 0.05) is 13.6 Å². The van der Waals surface area contributed by atoms with Crippen LogP contribution in [0, 0.1) is 0 Å². The molecule has 0 aliphatic heterocycles. The molecule has 1 aromatic heterocycles. The minimum atomic E-state index is -0.603. The highest BCUT2D eigenvalue weighted by atomic mass is 16.3. The molecule has 1 fully saturated rings. The normalized spacial score (nSPS) is 17.6. The van der Waals surface area contributed by atoms with Crippen LogP contribution < -0.4 is 0 Å². The minimum Gasteiger partial charge on any atom is -0.467 e. The first-order valence-electron chi connectivity index (χ1n) is 7.16. The van der Waals surface area contributed by atoms with Crippen LogP contribution in [0.1, 0.15) is 31.4 Å². The van der Waals surface area contributed by atoms with Gasteiger partial charge in [-0.25, -0.2) is 0 Å². The third-order valence-electron chi connectivity index (χ3n) is 3.90. The van der Waals surface area contributed by atoms with Crippen molar-refractivity contribution in [1.82, 2.24) is 9.80 Å². The molecular weight excluding hydrogens is 256 g/mol. The number of carbonyl (C=O) groups is 1. The lowest BCUT2D eigenvalue weighted by Gasteiger charge is -2.29. The summed E-state index contributed by atoms with van der Waals surface area (Å²) < 4.78 is 5.24. The van der Waals surface area contributed by atoms with E-state index in [1.165, 1.54) is 0 Å². The standard InChI is InChI=1S/C15H24N2O3/c1-16(12-15(19)7-3-4-8-15)11-14(18)17(2)10-13-6-5-9-20-13/h5-6,9,19H,3-4,7-8,10-12H2,1-2H3. The van der Waals surface area contributed by atoms with Gasteiger partial charge in [-0.2, -0.15) is 0 Å². The van der Waals surface area contributed by atoms with E-state index in [1.807, 2.05) is 24.1 Å². The molecule has 1 amide bonds. The van der Waals surface area contributed by atoms with E-state index in [1.54, 1.807) is 18.2 Å². The van der Waals surface area contributed by atoms with Crippen molar-refractivity contribution >= 4 is 5.91 Å². The highest BCUT2D eigenvalue weighted by Crippen LogP contribution is 2.29. The van der Waals surface area contributed by atoms with Crippen molar-refractivity contribution in [3.8, 4) is 0 Å². The lowest BCUT2D eigenvalue weighted by Crippen LogP contribution is -2.43. The van der Waals surface area contributed by atoms with Crippen LogP contribution in [0.25, 0.3) is 0 Å². The van der Waals surface area contributed by atoms with E-state index in [0.717, 1.165) is 31.4 Å². The summed E-state index contributed by atoms with van der Waals surface area (Å²) in [6.45, 7) is 1.36. The monoisotopic (exact) mass is 280 g/mol. The van der Waals surface area contributed by atoms with Crippen molar-refractivity contribution < 1.29 is 14.3 Å². The van der Waals surface area contributed by atoms with Gasteiger partial charge in [0.25, 0.3) is 0 Å². The molecule has 112 valence electrons. The fraction of sp³-hybridized carbons (Fsp3) is 0.667. The molecule has 1 saturated carbocycles. The van der Waals surface area contributed by atoms with Gasteiger partial charge in [-0.1, -0.05) is 12.8 Å². The van der Waals surface area contributed by atoms with Crippen molar-refractivity contribution in [2.24, 2.45) is 0 Å². The van der Waals surface area contributed by atoms with Crippen LogP contribution in [0.15, 0.2) is 22.8 Å². The van der Waals surface area contributed by atoms with Crippen LogP contribution in [-0.2, 0) is 11.3 Å².